The Bertz CT molecular complexity index is 442. The van der Waals surface area contributed by atoms with Gasteiger partial charge in [-0.1, -0.05) is 0 Å². The van der Waals surface area contributed by atoms with Crippen molar-refractivity contribution in [3.05, 3.63) is 17.3 Å². The second kappa shape index (κ2) is 4.52. The van der Waals surface area contributed by atoms with E-state index in [0.29, 0.717) is 6.07 Å². The summed E-state index contributed by atoms with van der Waals surface area (Å²) in [7, 11) is 0. The first kappa shape index (κ1) is 14.4. The Kier molecular flexibility index (Phi) is 3.60. The summed E-state index contributed by atoms with van der Waals surface area (Å²) in [6.07, 6.45) is -10.2. The topological polar surface area (TPSA) is 74.2 Å². The zero-order valence-electron chi connectivity index (χ0n) is 8.56. The van der Waals surface area contributed by atoms with E-state index in [-0.39, 0.29) is 5.56 Å². The molecule has 0 bridgehead atoms. The van der Waals surface area contributed by atoms with E-state index in [9.17, 15) is 26.3 Å². The molecule has 0 radical (unpaired) electrons. The molecule has 0 fully saturated rings. The summed E-state index contributed by atoms with van der Waals surface area (Å²) < 4.78 is 76.4. The Labute approximate surface area is 96.5 Å². The molecule has 0 spiro atoms. The lowest BCUT2D eigenvalue weighted by atomic mass is 10.1. The van der Waals surface area contributed by atoms with Gasteiger partial charge < -0.3 is 16.2 Å². The van der Waals surface area contributed by atoms with Gasteiger partial charge in [-0.25, -0.2) is 4.98 Å². The van der Waals surface area contributed by atoms with Gasteiger partial charge in [0.2, 0.25) is 5.88 Å². The number of alkyl halides is 6. The normalized spacial score (nSPS) is 12.6. The van der Waals surface area contributed by atoms with Crippen molar-refractivity contribution in [3.8, 4) is 5.88 Å². The van der Waals surface area contributed by atoms with Crippen LogP contribution in [0.15, 0.2) is 6.07 Å². The molecule has 0 saturated heterocycles. The average Bonchev–Trinajstić information content (AvgIpc) is 2.16. The Morgan fingerprint density at radius 2 is 1.72 bits per heavy atom. The molecule has 1 rings (SSSR count). The highest BCUT2D eigenvalue weighted by molar-refractivity contribution is 5.53. The summed E-state index contributed by atoms with van der Waals surface area (Å²) in [6.45, 7) is -0.481. The highest BCUT2D eigenvalue weighted by Gasteiger charge is 2.38. The summed E-state index contributed by atoms with van der Waals surface area (Å²) in [6, 6.07) is 0.609. The van der Waals surface area contributed by atoms with Crippen LogP contribution in [0.2, 0.25) is 0 Å². The van der Waals surface area contributed by atoms with Crippen LogP contribution in [0.1, 0.15) is 11.3 Å². The molecule has 0 aliphatic rings. The first-order chi connectivity index (χ1) is 8.04. The van der Waals surface area contributed by atoms with Crippen molar-refractivity contribution in [1.82, 2.24) is 4.98 Å². The number of nitrogens with zero attached hydrogens (tertiary/aromatic N) is 1. The van der Waals surface area contributed by atoms with Crippen molar-refractivity contribution < 1.29 is 31.1 Å². The third kappa shape index (κ3) is 3.39. The van der Waals surface area contributed by atoms with Crippen LogP contribution in [-0.2, 0) is 12.7 Å². The SMILES string of the molecule is NCc1cc(OC(F)(F)F)nc(C(F)(F)F)c1N. The molecular formula is C8H7F6N3O. The number of halogens is 6. The smallest absolute Gasteiger partial charge is 0.397 e. The van der Waals surface area contributed by atoms with Gasteiger partial charge in [0.25, 0.3) is 0 Å². The summed E-state index contributed by atoms with van der Waals surface area (Å²) in [5, 5.41) is 0. The van der Waals surface area contributed by atoms with Crippen LogP contribution in [0.3, 0.4) is 0 Å². The molecule has 0 aliphatic carbocycles. The zero-order chi connectivity index (χ0) is 14.1. The van der Waals surface area contributed by atoms with E-state index in [0.717, 1.165) is 0 Å². The van der Waals surface area contributed by atoms with Crippen LogP contribution in [0.4, 0.5) is 32.0 Å². The summed E-state index contributed by atoms with van der Waals surface area (Å²) in [5.41, 5.74) is 7.38. The van der Waals surface area contributed by atoms with E-state index in [2.05, 4.69) is 9.72 Å². The van der Waals surface area contributed by atoms with Gasteiger partial charge in [-0.15, -0.1) is 13.2 Å². The quantitative estimate of drug-likeness (QED) is 0.810. The van der Waals surface area contributed by atoms with Crippen molar-refractivity contribution in [2.24, 2.45) is 5.73 Å². The Morgan fingerprint density at radius 3 is 2.11 bits per heavy atom. The highest BCUT2D eigenvalue weighted by Crippen LogP contribution is 2.36. The molecule has 1 aromatic heterocycles. The lowest BCUT2D eigenvalue weighted by molar-refractivity contribution is -0.276. The standard InChI is InChI=1S/C8H7F6N3O/c9-7(10,11)6-5(16)3(2-15)1-4(17-6)18-8(12,13)14/h1H,2,15-16H2. The summed E-state index contributed by atoms with van der Waals surface area (Å²) in [4.78, 5) is 2.69. The van der Waals surface area contributed by atoms with E-state index >= 15 is 0 Å². The van der Waals surface area contributed by atoms with Crippen molar-refractivity contribution >= 4 is 5.69 Å². The Balaban J connectivity index is 3.31. The van der Waals surface area contributed by atoms with Crippen LogP contribution in [0, 0.1) is 0 Å². The number of hydrogen-bond acceptors (Lipinski definition) is 4. The lowest BCUT2D eigenvalue weighted by Crippen LogP contribution is -2.21. The lowest BCUT2D eigenvalue weighted by Gasteiger charge is -2.15. The van der Waals surface area contributed by atoms with E-state index in [4.69, 9.17) is 11.5 Å². The van der Waals surface area contributed by atoms with E-state index < -0.39 is 36.3 Å². The molecule has 4 N–H and O–H groups in total. The van der Waals surface area contributed by atoms with Crippen molar-refractivity contribution in [1.29, 1.82) is 0 Å². The highest BCUT2D eigenvalue weighted by atomic mass is 19.4. The summed E-state index contributed by atoms with van der Waals surface area (Å²) >= 11 is 0. The molecule has 18 heavy (non-hydrogen) atoms. The fourth-order valence-electron chi connectivity index (χ4n) is 1.14. The molecule has 1 heterocycles. The maximum Gasteiger partial charge on any atom is 0.574 e. The average molecular weight is 275 g/mol. The van der Waals surface area contributed by atoms with Gasteiger partial charge >= 0.3 is 12.5 Å². The molecule has 0 aromatic carbocycles. The molecule has 102 valence electrons. The second-order valence-electron chi connectivity index (χ2n) is 3.13. The minimum atomic E-state index is -5.15. The van der Waals surface area contributed by atoms with Gasteiger partial charge in [-0.05, 0) is 5.56 Å². The molecule has 0 saturated carbocycles. The Hall–Kier alpha value is -1.71. The van der Waals surface area contributed by atoms with Crippen molar-refractivity contribution in [2.75, 3.05) is 5.73 Å². The first-order valence-electron chi connectivity index (χ1n) is 4.37. The second-order valence-corrected chi connectivity index (χ2v) is 3.13. The molecule has 1 aromatic rings. The van der Waals surface area contributed by atoms with Gasteiger partial charge in [0.05, 0.1) is 5.69 Å². The van der Waals surface area contributed by atoms with Crippen LogP contribution in [-0.4, -0.2) is 11.3 Å². The molecule has 10 heteroatoms. The van der Waals surface area contributed by atoms with Gasteiger partial charge in [0.15, 0.2) is 5.69 Å². The van der Waals surface area contributed by atoms with Gasteiger partial charge in [-0.3, -0.25) is 0 Å². The molecule has 0 unspecified atom stereocenters. The molecule has 4 nitrogen and oxygen atoms in total. The third-order valence-corrected chi connectivity index (χ3v) is 1.83. The van der Waals surface area contributed by atoms with Gasteiger partial charge in [0, 0.05) is 12.6 Å². The number of pyridine rings is 1. The maximum absolute atomic E-state index is 12.5. The summed E-state index contributed by atoms with van der Waals surface area (Å²) in [5.74, 6) is -1.26. The number of hydrogen-bond donors (Lipinski definition) is 2. The van der Waals surface area contributed by atoms with Crippen LogP contribution in [0.25, 0.3) is 0 Å². The molecule has 0 atom stereocenters. The largest absolute Gasteiger partial charge is 0.574 e. The van der Waals surface area contributed by atoms with Crippen LogP contribution >= 0.6 is 0 Å². The van der Waals surface area contributed by atoms with Gasteiger partial charge in [-0.2, -0.15) is 13.2 Å². The monoisotopic (exact) mass is 275 g/mol. The number of nitrogen functional groups attached to an aromatic ring is 1. The van der Waals surface area contributed by atoms with E-state index in [1.807, 2.05) is 0 Å². The number of rotatable bonds is 2. The fraction of sp³-hybridized carbons (Fsp3) is 0.375. The minimum Gasteiger partial charge on any atom is -0.397 e. The third-order valence-electron chi connectivity index (χ3n) is 1.83. The predicted octanol–water partition coefficient (Wildman–Crippen LogP) is 2.04. The van der Waals surface area contributed by atoms with Crippen LogP contribution < -0.4 is 16.2 Å². The van der Waals surface area contributed by atoms with E-state index in [1.165, 1.54) is 0 Å². The first-order valence-corrected chi connectivity index (χ1v) is 4.37. The van der Waals surface area contributed by atoms with E-state index in [1.54, 1.807) is 0 Å². The van der Waals surface area contributed by atoms with Crippen LogP contribution in [0.5, 0.6) is 5.88 Å². The maximum atomic E-state index is 12.5. The van der Waals surface area contributed by atoms with Gasteiger partial charge in [0.1, 0.15) is 0 Å². The predicted molar refractivity (Wildman–Crippen MR) is 48.2 cm³/mol. The number of nitrogens with two attached hydrogens (primary N) is 2. The van der Waals surface area contributed by atoms with Crippen molar-refractivity contribution in [3.63, 3.8) is 0 Å². The zero-order valence-corrected chi connectivity index (χ0v) is 8.56. The number of anilines is 1. The number of aromatic nitrogens is 1. The Morgan fingerprint density at radius 1 is 1.17 bits per heavy atom. The number of ether oxygens (including phenoxy) is 1. The molecule has 0 aliphatic heterocycles. The molecular weight excluding hydrogens is 268 g/mol. The fourth-order valence-corrected chi connectivity index (χ4v) is 1.14. The molecule has 0 amide bonds. The minimum absolute atomic E-state index is 0.337. The van der Waals surface area contributed by atoms with Crippen molar-refractivity contribution in [2.45, 2.75) is 19.1 Å².